The fraction of sp³-hybridized carbons (Fsp3) is 0.433. The van der Waals surface area contributed by atoms with Crippen molar-refractivity contribution in [2.45, 2.75) is 64.3 Å². The SMILES string of the molecule is COC(=O)C=Cc1ccc2c(c1)CCC2N(CCO[Si](C)(C)C(C)(C)C)Cc1csc2ccccc12. The quantitative estimate of drug-likeness (QED) is 0.165. The summed E-state index contributed by atoms with van der Waals surface area (Å²) < 4.78 is 12.7. The van der Waals surface area contributed by atoms with Gasteiger partial charge in [0, 0.05) is 36.5 Å². The molecular weight excluding hydrogens is 482 g/mol. The molecule has 0 saturated heterocycles. The lowest BCUT2D eigenvalue weighted by Crippen LogP contribution is -2.43. The van der Waals surface area contributed by atoms with E-state index in [1.807, 2.05) is 17.4 Å². The third-order valence-corrected chi connectivity index (χ3v) is 13.4. The second-order valence-electron chi connectivity index (χ2n) is 11.2. The van der Waals surface area contributed by atoms with E-state index in [4.69, 9.17) is 9.16 Å². The van der Waals surface area contributed by atoms with Crippen LogP contribution in [0.25, 0.3) is 16.2 Å². The molecule has 1 aliphatic carbocycles. The molecule has 0 N–H and O–H groups in total. The van der Waals surface area contributed by atoms with Crippen molar-refractivity contribution in [3.8, 4) is 0 Å². The molecule has 0 amide bonds. The van der Waals surface area contributed by atoms with Crippen molar-refractivity contribution < 1.29 is 14.0 Å². The predicted octanol–water partition coefficient (Wildman–Crippen LogP) is 7.60. The second kappa shape index (κ2) is 11.0. The van der Waals surface area contributed by atoms with Crippen molar-refractivity contribution in [1.29, 1.82) is 0 Å². The van der Waals surface area contributed by atoms with E-state index in [1.54, 1.807) is 0 Å². The Labute approximate surface area is 221 Å². The Morgan fingerprint density at radius 2 is 1.97 bits per heavy atom. The molecule has 1 aliphatic rings. The van der Waals surface area contributed by atoms with Gasteiger partial charge in [-0.1, -0.05) is 57.2 Å². The number of benzene rings is 2. The number of fused-ring (bicyclic) bond motifs is 2. The second-order valence-corrected chi connectivity index (χ2v) is 16.9. The summed E-state index contributed by atoms with van der Waals surface area (Å²) in [4.78, 5) is 14.1. The lowest BCUT2D eigenvalue weighted by Gasteiger charge is -2.37. The Morgan fingerprint density at radius 3 is 2.72 bits per heavy atom. The van der Waals surface area contributed by atoms with Gasteiger partial charge in [0.1, 0.15) is 0 Å². The number of thiophene rings is 1. The van der Waals surface area contributed by atoms with Crippen LogP contribution in [0.5, 0.6) is 0 Å². The number of methoxy groups -OCH3 is 1. The first kappa shape index (κ1) is 26.8. The smallest absolute Gasteiger partial charge is 0.330 e. The van der Waals surface area contributed by atoms with Crippen LogP contribution < -0.4 is 0 Å². The van der Waals surface area contributed by atoms with Gasteiger partial charge < -0.3 is 9.16 Å². The highest BCUT2D eigenvalue weighted by Gasteiger charge is 2.37. The van der Waals surface area contributed by atoms with E-state index in [0.29, 0.717) is 6.04 Å². The molecule has 4 rings (SSSR count). The zero-order chi connectivity index (χ0) is 25.9. The normalized spacial score (nSPS) is 16.2. The Balaban J connectivity index is 1.57. The Kier molecular flexibility index (Phi) is 8.20. The van der Waals surface area contributed by atoms with Crippen LogP contribution >= 0.6 is 11.3 Å². The molecule has 0 spiro atoms. The molecule has 0 radical (unpaired) electrons. The summed E-state index contributed by atoms with van der Waals surface area (Å²) in [6, 6.07) is 15.7. The molecule has 6 heteroatoms. The van der Waals surface area contributed by atoms with Crippen LogP contribution in [-0.2, 0) is 26.9 Å². The van der Waals surface area contributed by atoms with Gasteiger partial charge >= 0.3 is 5.97 Å². The predicted molar refractivity (Wildman–Crippen MR) is 154 cm³/mol. The lowest BCUT2D eigenvalue weighted by atomic mass is 10.0. The largest absolute Gasteiger partial charge is 0.466 e. The average Bonchev–Trinajstić information content (AvgIpc) is 3.45. The summed E-state index contributed by atoms with van der Waals surface area (Å²) in [7, 11) is -0.402. The molecule has 2 aromatic carbocycles. The van der Waals surface area contributed by atoms with Crippen molar-refractivity contribution in [2.75, 3.05) is 20.3 Å². The summed E-state index contributed by atoms with van der Waals surface area (Å²) in [5, 5.41) is 3.89. The van der Waals surface area contributed by atoms with Crippen LogP contribution in [0.15, 0.2) is 53.9 Å². The minimum absolute atomic E-state index is 0.204. The molecule has 1 atom stereocenters. The fourth-order valence-electron chi connectivity index (χ4n) is 4.68. The third-order valence-electron chi connectivity index (χ3n) is 7.85. The molecule has 4 nitrogen and oxygen atoms in total. The standard InChI is InChI=1S/C30H39NO3SSi/c1-30(2,3)36(5,6)34-18-17-31(20-24-21-35-28-10-8-7-9-26(24)28)27-15-13-23-19-22(11-14-25(23)27)12-16-29(32)33-4/h7-12,14,16,19,21,27H,13,15,17-18,20H2,1-6H3. The molecule has 0 bridgehead atoms. The molecule has 1 aromatic heterocycles. The first-order valence-electron chi connectivity index (χ1n) is 12.8. The van der Waals surface area contributed by atoms with Gasteiger partial charge in [-0.3, -0.25) is 4.90 Å². The molecule has 3 aromatic rings. The van der Waals surface area contributed by atoms with Gasteiger partial charge in [0.05, 0.1) is 7.11 Å². The number of hydrogen-bond donors (Lipinski definition) is 0. The molecule has 36 heavy (non-hydrogen) atoms. The van der Waals surface area contributed by atoms with Crippen LogP contribution in [0, 0.1) is 0 Å². The van der Waals surface area contributed by atoms with Crippen LogP contribution in [0.4, 0.5) is 0 Å². The van der Waals surface area contributed by atoms with Gasteiger partial charge in [0.25, 0.3) is 0 Å². The highest BCUT2D eigenvalue weighted by atomic mass is 32.1. The highest BCUT2D eigenvalue weighted by Crippen LogP contribution is 2.39. The summed E-state index contributed by atoms with van der Waals surface area (Å²) in [5.41, 5.74) is 5.21. The van der Waals surface area contributed by atoms with Crippen molar-refractivity contribution in [3.63, 3.8) is 0 Å². The summed E-state index contributed by atoms with van der Waals surface area (Å²) in [5.74, 6) is -0.329. The maximum Gasteiger partial charge on any atom is 0.330 e. The molecular formula is C30H39NO3SSi. The molecule has 1 unspecified atom stereocenters. The lowest BCUT2D eigenvalue weighted by molar-refractivity contribution is -0.134. The Morgan fingerprint density at radius 1 is 1.19 bits per heavy atom. The Hall–Kier alpha value is -2.25. The van der Waals surface area contributed by atoms with E-state index in [-0.39, 0.29) is 11.0 Å². The maximum atomic E-state index is 11.5. The molecule has 0 fully saturated rings. The van der Waals surface area contributed by atoms with E-state index in [9.17, 15) is 4.79 Å². The first-order valence-corrected chi connectivity index (χ1v) is 16.6. The molecule has 0 saturated carbocycles. The van der Waals surface area contributed by atoms with E-state index in [0.717, 1.165) is 38.1 Å². The molecule has 1 heterocycles. The van der Waals surface area contributed by atoms with Gasteiger partial charge in [0.2, 0.25) is 0 Å². The third kappa shape index (κ3) is 6.00. The van der Waals surface area contributed by atoms with Crippen molar-refractivity contribution >= 4 is 41.8 Å². The van der Waals surface area contributed by atoms with E-state index in [1.165, 1.54) is 40.0 Å². The maximum absolute atomic E-state index is 11.5. The van der Waals surface area contributed by atoms with Crippen LogP contribution in [-0.4, -0.2) is 39.4 Å². The van der Waals surface area contributed by atoms with E-state index >= 15 is 0 Å². The minimum atomic E-state index is -1.80. The van der Waals surface area contributed by atoms with Gasteiger partial charge in [-0.05, 0) is 76.1 Å². The van der Waals surface area contributed by atoms with Crippen molar-refractivity contribution in [2.24, 2.45) is 0 Å². The summed E-state index contributed by atoms with van der Waals surface area (Å²) in [6.07, 6.45) is 5.47. The van der Waals surface area contributed by atoms with Gasteiger partial charge in [0.15, 0.2) is 8.32 Å². The zero-order valence-corrected chi connectivity index (χ0v) is 24.3. The van der Waals surface area contributed by atoms with E-state index < -0.39 is 8.32 Å². The number of carbonyl (C=O) groups is 1. The van der Waals surface area contributed by atoms with Gasteiger partial charge in [-0.2, -0.15) is 0 Å². The molecule has 0 aliphatic heterocycles. The number of esters is 1. The monoisotopic (exact) mass is 521 g/mol. The van der Waals surface area contributed by atoms with Crippen molar-refractivity contribution in [3.05, 3.63) is 76.2 Å². The van der Waals surface area contributed by atoms with Gasteiger partial charge in [-0.15, -0.1) is 11.3 Å². The zero-order valence-electron chi connectivity index (χ0n) is 22.5. The number of rotatable bonds is 9. The number of hydrogen-bond acceptors (Lipinski definition) is 5. The average molecular weight is 522 g/mol. The topological polar surface area (TPSA) is 38.8 Å². The summed E-state index contributed by atoms with van der Waals surface area (Å²) >= 11 is 1.83. The van der Waals surface area contributed by atoms with Crippen molar-refractivity contribution in [1.82, 2.24) is 4.90 Å². The van der Waals surface area contributed by atoms with Gasteiger partial charge in [-0.25, -0.2) is 4.79 Å². The fourth-order valence-corrected chi connectivity index (χ4v) is 6.67. The highest BCUT2D eigenvalue weighted by molar-refractivity contribution is 7.17. The number of nitrogens with zero attached hydrogens (tertiary/aromatic N) is 1. The first-order chi connectivity index (χ1) is 17.1. The number of aryl methyl sites for hydroxylation is 1. The van der Waals surface area contributed by atoms with Crippen LogP contribution in [0.2, 0.25) is 18.1 Å². The van der Waals surface area contributed by atoms with Crippen LogP contribution in [0.3, 0.4) is 0 Å². The minimum Gasteiger partial charge on any atom is -0.466 e. The number of carbonyl (C=O) groups excluding carboxylic acids is 1. The Bertz CT molecular complexity index is 1240. The van der Waals surface area contributed by atoms with E-state index in [2.05, 4.69) is 86.6 Å². The number of ether oxygens (including phenoxy) is 1. The van der Waals surface area contributed by atoms with Crippen LogP contribution in [0.1, 0.15) is 55.5 Å². The molecule has 192 valence electrons. The summed E-state index contributed by atoms with van der Waals surface area (Å²) in [6.45, 7) is 14.1.